The van der Waals surface area contributed by atoms with Crippen LogP contribution < -0.4 is 4.72 Å². The summed E-state index contributed by atoms with van der Waals surface area (Å²) in [5, 5.41) is 0.435. The molecule has 0 unspecified atom stereocenters. The number of hydrogen-bond donors (Lipinski definition) is 1. The van der Waals surface area contributed by atoms with Crippen molar-refractivity contribution in [2.45, 2.75) is 25.4 Å². The Balaban J connectivity index is 2.37. The molecule has 2 aromatic rings. The molecule has 0 atom stereocenters. The molecule has 0 spiro atoms. The van der Waals surface area contributed by atoms with Crippen molar-refractivity contribution in [2.75, 3.05) is 4.72 Å². The maximum Gasteiger partial charge on any atom is 0.280 e. The number of rotatable bonds is 4. The summed E-state index contributed by atoms with van der Waals surface area (Å²) in [6.45, 7) is 4.35. The van der Waals surface area contributed by atoms with Crippen LogP contribution in [-0.4, -0.2) is 18.0 Å². The van der Waals surface area contributed by atoms with Crippen molar-refractivity contribution in [3.63, 3.8) is 0 Å². The molecule has 0 aliphatic carbocycles. The average Bonchev–Trinajstić information content (AvgIpc) is 2.76. The zero-order valence-electron chi connectivity index (χ0n) is 10.9. The van der Waals surface area contributed by atoms with Crippen molar-refractivity contribution in [1.29, 1.82) is 0 Å². The SMILES string of the molecule is CCn1cc(S(=O)(=O)Nc2cc(Cl)ccc2Br)nc1C. The highest BCUT2D eigenvalue weighted by Crippen LogP contribution is 2.28. The molecular weight excluding hydrogens is 366 g/mol. The Bertz CT molecular complexity index is 743. The van der Waals surface area contributed by atoms with Crippen molar-refractivity contribution in [3.8, 4) is 0 Å². The van der Waals surface area contributed by atoms with E-state index in [1.807, 2.05) is 6.92 Å². The molecule has 1 aromatic carbocycles. The number of sulfonamides is 1. The Hall–Kier alpha value is -1.05. The second kappa shape index (κ2) is 5.75. The molecule has 1 aromatic heterocycles. The van der Waals surface area contributed by atoms with Gasteiger partial charge in [-0.05, 0) is 48.0 Å². The second-order valence-corrected chi connectivity index (χ2v) is 7.06. The van der Waals surface area contributed by atoms with Gasteiger partial charge in [0, 0.05) is 22.2 Å². The topological polar surface area (TPSA) is 64.0 Å². The lowest BCUT2D eigenvalue weighted by Gasteiger charge is -2.08. The molecule has 0 bridgehead atoms. The number of halogens is 2. The minimum atomic E-state index is -3.73. The Morgan fingerprint density at radius 2 is 2.15 bits per heavy atom. The Morgan fingerprint density at radius 1 is 1.45 bits per heavy atom. The smallest absolute Gasteiger partial charge is 0.280 e. The molecule has 0 radical (unpaired) electrons. The van der Waals surface area contributed by atoms with Crippen LogP contribution in [0.25, 0.3) is 0 Å². The van der Waals surface area contributed by atoms with E-state index in [0.717, 1.165) is 0 Å². The minimum Gasteiger partial charge on any atom is -0.334 e. The number of benzene rings is 1. The monoisotopic (exact) mass is 377 g/mol. The van der Waals surface area contributed by atoms with Gasteiger partial charge in [-0.25, -0.2) is 4.98 Å². The van der Waals surface area contributed by atoms with Gasteiger partial charge in [0.2, 0.25) is 0 Å². The first-order chi connectivity index (χ1) is 9.33. The van der Waals surface area contributed by atoms with Crippen LogP contribution in [0, 0.1) is 6.92 Å². The van der Waals surface area contributed by atoms with Crippen molar-refractivity contribution < 1.29 is 8.42 Å². The van der Waals surface area contributed by atoms with Crippen molar-refractivity contribution >= 4 is 43.2 Å². The molecule has 0 amide bonds. The van der Waals surface area contributed by atoms with Crippen LogP contribution in [0.3, 0.4) is 0 Å². The van der Waals surface area contributed by atoms with Crippen LogP contribution in [0.5, 0.6) is 0 Å². The molecule has 1 N–H and O–H groups in total. The third-order valence-corrected chi connectivity index (χ3v) is 4.91. The zero-order chi connectivity index (χ0) is 14.9. The molecule has 1 heterocycles. The fourth-order valence-corrected chi connectivity index (χ4v) is 3.43. The van der Waals surface area contributed by atoms with Crippen molar-refractivity contribution in [3.05, 3.63) is 39.7 Å². The molecular formula is C12H13BrClN3O2S. The predicted molar refractivity (Wildman–Crippen MR) is 82.6 cm³/mol. The standard InChI is InChI=1S/C12H13BrClN3O2S/c1-3-17-7-12(15-8(17)2)20(18,19)16-11-6-9(14)4-5-10(11)13/h4-7,16H,3H2,1-2H3. The maximum absolute atomic E-state index is 12.3. The number of nitrogens with zero attached hydrogens (tertiary/aromatic N) is 2. The van der Waals surface area contributed by atoms with Gasteiger partial charge in [0.1, 0.15) is 5.82 Å². The minimum absolute atomic E-state index is 0.0104. The van der Waals surface area contributed by atoms with Gasteiger partial charge < -0.3 is 4.57 Å². The van der Waals surface area contributed by atoms with Crippen molar-refractivity contribution in [1.82, 2.24) is 9.55 Å². The number of nitrogens with one attached hydrogen (secondary N) is 1. The van der Waals surface area contributed by atoms with Gasteiger partial charge in [-0.15, -0.1) is 0 Å². The molecule has 0 saturated heterocycles. The first-order valence-electron chi connectivity index (χ1n) is 5.85. The van der Waals surface area contributed by atoms with Gasteiger partial charge in [0.15, 0.2) is 5.03 Å². The van der Waals surface area contributed by atoms with Crippen LogP contribution in [0.1, 0.15) is 12.7 Å². The third kappa shape index (κ3) is 3.16. The van der Waals surface area contributed by atoms with E-state index in [2.05, 4.69) is 25.6 Å². The van der Waals surface area contributed by atoms with E-state index < -0.39 is 10.0 Å². The maximum atomic E-state index is 12.3. The summed E-state index contributed by atoms with van der Waals surface area (Å²) in [6, 6.07) is 4.88. The molecule has 0 saturated carbocycles. The van der Waals surface area contributed by atoms with E-state index in [0.29, 0.717) is 27.6 Å². The summed E-state index contributed by atoms with van der Waals surface area (Å²) in [5.41, 5.74) is 0.376. The lowest BCUT2D eigenvalue weighted by Crippen LogP contribution is -2.13. The lowest BCUT2D eigenvalue weighted by atomic mass is 10.3. The second-order valence-electron chi connectivity index (χ2n) is 4.14. The summed E-state index contributed by atoms with van der Waals surface area (Å²) >= 11 is 9.15. The van der Waals surface area contributed by atoms with Crippen LogP contribution in [-0.2, 0) is 16.6 Å². The molecule has 108 valence electrons. The lowest BCUT2D eigenvalue weighted by molar-refractivity contribution is 0.598. The van der Waals surface area contributed by atoms with E-state index in [-0.39, 0.29) is 5.03 Å². The number of aryl methyl sites for hydroxylation is 2. The van der Waals surface area contributed by atoms with Crippen LogP contribution in [0.15, 0.2) is 33.9 Å². The van der Waals surface area contributed by atoms with Gasteiger partial charge in [-0.3, -0.25) is 4.72 Å². The highest BCUT2D eigenvalue weighted by atomic mass is 79.9. The average molecular weight is 379 g/mol. The Kier molecular flexibility index (Phi) is 4.41. The van der Waals surface area contributed by atoms with Gasteiger partial charge in [-0.1, -0.05) is 11.6 Å². The van der Waals surface area contributed by atoms with E-state index >= 15 is 0 Å². The molecule has 20 heavy (non-hydrogen) atoms. The first-order valence-corrected chi connectivity index (χ1v) is 8.50. The fraction of sp³-hybridized carbons (Fsp3) is 0.250. The summed E-state index contributed by atoms with van der Waals surface area (Å²) in [4.78, 5) is 4.07. The van der Waals surface area contributed by atoms with Gasteiger partial charge in [0.05, 0.1) is 5.69 Å². The molecule has 8 heteroatoms. The van der Waals surface area contributed by atoms with Gasteiger partial charge in [-0.2, -0.15) is 8.42 Å². The zero-order valence-corrected chi connectivity index (χ0v) is 14.1. The molecule has 2 rings (SSSR count). The van der Waals surface area contributed by atoms with E-state index in [4.69, 9.17) is 11.6 Å². The van der Waals surface area contributed by atoms with Crippen LogP contribution >= 0.6 is 27.5 Å². The fourth-order valence-electron chi connectivity index (χ4n) is 1.70. The number of aromatic nitrogens is 2. The quantitative estimate of drug-likeness (QED) is 0.886. The molecule has 0 aliphatic heterocycles. The highest BCUT2D eigenvalue weighted by molar-refractivity contribution is 9.10. The number of anilines is 1. The number of imidazole rings is 1. The highest BCUT2D eigenvalue weighted by Gasteiger charge is 2.20. The number of hydrogen-bond acceptors (Lipinski definition) is 3. The summed E-state index contributed by atoms with van der Waals surface area (Å²) < 4.78 is 29.4. The normalized spacial score (nSPS) is 11.6. The molecule has 0 aliphatic rings. The summed E-state index contributed by atoms with van der Waals surface area (Å²) in [7, 11) is -3.73. The van der Waals surface area contributed by atoms with Crippen LogP contribution in [0.2, 0.25) is 5.02 Å². The van der Waals surface area contributed by atoms with E-state index in [1.165, 1.54) is 12.3 Å². The molecule has 5 nitrogen and oxygen atoms in total. The van der Waals surface area contributed by atoms with E-state index in [1.54, 1.807) is 23.6 Å². The Labute approximate surface area is 131 Å². The predicted octanol–water partition coefficient (Wildman–Crippen LogP) is 3.43. The van der Waals surface area contributed by atoms with Crippen molar-refractivity contribution in [2.24, 2.45) is 0 Å². The molecule has 0 fully saturated rings. The third-order valence-electron chi connectivity index (χ3n) is 2.74. The first kappa shape index (κ1) is 15.3. The largest absolute Gasteiger partial charge is 0.334 e. The summed E-state index contributed by atoms with van der Waals surface area (Å²) in [6.07, 6.45) is 1.51. The van der Waals surface area contributed by atoms with Gasteiger partial charge >= 0.3 is 0 Å². The van der Waals surface area contributed by atoms with Gasteiger partial charge in [0.25, 0.3) is 10.0 Å². The van der Waals surface area contributed by atoms with Crippen LogP contribution in [0.4, 0.5) is 5.69 Å². The van der Waals surface area contributed by atoms with E-state index in [9.17, 15) is 8.42 Å². The summed E-state index contributed by atoms with van der Waals surface area (Å²) in [5.74, 6) is 0.651. The Morgan fingerprint density at radius 3 is 2.75 bits per heavy atom.